The maximum absolute atomic E-state index is 14.2. The second-order valence-electron chi connectivity index (χ2n) is 9.61. The van der Waals surface area contributed by atoms with Crippen molar-refractivity contribution in [2.45, 2.75) is 57.0 Å². The van der Waals surface area contributed by atoms with Gasteiger partial charge in [-0.3, -0.25) is 9.78 Å². The molecule has 0 aliphatic heterocycles. The molecule has 4 N–H and O–H groups in total. The van der Waals surface area contributed by atoms with Gasteiger partial charge in [0, 0.05) is 11.7 Å². The lowest BCUT2D eigenvalue weighted by molar-refractivity contribution is -0.00177. The third-order valence-electron chi connectivity index (χ3n) is 6.06. The van der Waals surface area contributed by atoms with Gasteiger partial charge in [-0.15, -0.1) is 0 Å². The Morgan fingerprint density at radius 2 is 2.12 bits per heavy atom. The molecule has 0 aromatic carbocycles. The molecule has 9 nitrogen and oxygen atoms in total. The van der Waals surface area contributed by atoms with Crippen molar-refractivity contribution < 1.29 is 19.4 Å². The van der Waals surface area contributed by atoms with Crippen molar-refractivity contribution >= 4 is 17.1 Å². The van der Waals surface area contributed by atoms with Crippen LogP contribution >= 0.6 is 0 Å². The highest BCUT2D eigenvalue weighted by Gasteiger charge is 2.40. The number of rotatable bonds is 7. The smallest absolute Gasteiger partial charge is 0.255 e. The highest BCUT2D eigenvalue weighted by atomic mass is 19.1. The van der Waals surface area contributed by atoms with E-state index >= 15 is 0 Å². The SMILES string of the molecule is CC1(Nc2cc(-c3ccc4cc(C#N)cnn34)ncc2C(=O)NC[C@@H](F)C(C)(C)O)CC(O)C1. The summed E-state index contributed by atoms with van der Waals surface area (Å²) in [5, 5.41) is 38.9. The number of aromatic nitrogens is 3. The zero-order valence-electron chi connectivity index (χ0n) is 19.2. The summed E-state index contributed by atoms with van der Waals surface area (Å²) in [6, 6.07) is 9.13. The molecule has 0 unspecified atom stereocenters. The molecule has 178 valence electrons. The Hall–Kier alpha value is -3.55. The van der Waals surface area contributed by atoms with E-state index in [1.807, 2.05) is 19.1 Å². The number of halogens is 1. The van der Waals surface area contributed by atoms with Crippen molar-refractivity contribution in [3.8, 4) is 17.5 Å². The predicted molar refractivity (Wildman–Crippen MR) is 124 cm³/mol. The van der Waals surface area contributed by atoms with Crippen LogP contribution in [0.15, 0.2) is 36.7 Å². The number of aliphatic hydroxyl groups excluding tert-OH is 1. The molecular formula is C24H27FN6O3. The van der Waals surface area contributed by atoms with Gasteiger partial charge in [0.2, 0.25) is 0 Å². The first-order chi connectivity index (χ1) is 16.0. The number of carbonyl (C=O) groups excluding carboxylic acids is 1. The fourth-order valence-electron chi connectivity index (χ4n) is 4.07. The Labute approximate surface area is 196 Å². The monoisotopic (exact) mass is 466 g/mol. The molecule has 1 fully saturated rings. The van der Waals surface area contributed by atoms with Crippen LogP contribution < -0.4 is 10.6 Å². The van der Waals surface area contributed by atoms with Gasteiger partial charge < -0.3 is 20.8 Å². The van der Waals surface area contributed by atoms with Crippen LogP contribution in [0.3, 0.4) is 0 Å². The number of alkyl halides is 1. The number of carbonyl (C=O) groups is 1. The summed E-state index contributed by atoms with van der Waals surface area (Å²) in [5.74, 6) is -0.534. The standard InChI is InChI=1S/C24H27FN6O3/c1-23(2,34)21(25)13-28-22(33)17-12-27-19(7-18(17)30-24(3)8-16(32)9-24)20-5-4-15-6-14(10-26)11-29-31(15)20/h4-7,11-12,16,21,32,34H,8-9,13H2,1-3H3,(H,27,30)(H,28,33)/t16?,21-,24?/m1/s1. The molecule has 0 spiro atoms. The van der Waals surface area contributed by atoms with Gasteiger partial charge in [-0.1, -0.05) is 0 Å². The molecule has 1 amide bonds. The van der Waals surface area contributed by atoms with Crippen LogP contribution in [-0.4, -0.2) is 60.7 Å². The number of pyridine rings is 1. The number of fused-ring (bicyclic) bond motifs is 1. The van der Waals surface area contributed by atoms with Crippen LogP contribution in [0.25, 0.3) is 16.9 Å². The van der Waals surface area contributed by atoms with Gasteiger partial charge in [0.15, 0.2) is 0 Å². The first-order valence-corrected chi connectivity index (χ1v) is 11.0. The second kappa shape index (κ2) is 8.66. The second-order valence-corrected chi connectivity index (χ2v) is 9.61. The summed E-state index contributed by atoms with van der Waals surface area (Å²) in [5.41, 5.74) is 1.08. The third kappa shape index (κ3) is 4.71. The number of nitrogens with zero attached hydrogens (tertiary/aromatic N) is 4. The van der Waals surface area contributed by atoms with Gasteiger partial charge in [-0.05, 0) is 57.9 Å². The van der Waals surface area contributed by atoms with E-state index in [-0.39, 0.29) is 12.1 Å². The fourth-order valence-corrected chi connectivity index (χ4v) is 4.07. The number of hydrogen-bond donors (Lipinski definition) is 4. The minimum Gasteiger partial charge on any atom is -0.393 e. The van der Waals surface area contributed by atoms with E-state index in [0.717, 1.165) is 5.52 Å². The quantitative estimate of drug-likeness (QED) is 0.420. The van der Waals surface area contributed by atoms with Crippen LogP contribution in [0.2, 0.25) is 0 Å². The highest BCUT2D eigenvalue weighted by Crippen LogP contribution is 2.37. The molecular weight excluding hydrogens is 439 g/mol. The molecule has 3 aromatic heterocycles. The van der Waals surface area contributed by atoms with Crippen LogP contribution in [0, 0.1) is 11.3 Å². The van der Waals surface area contributed by atoms with Crippen molar-refractivity contribution in [2.24, 2.45) is 0 Å². The lowest BCUT2D eigenvalue weighted by Crippen LogP contribution is -2.51. The van der Waals surface area contributed by atoms with Gasteiger partial charge in [-0.25, -0.2) is 8.91 Å². The molecule has 1 saturated carbocycles. The van der Waals surface area contributed by atoms with E-state index < -0.39 is 29.3 Å². The van der Waals surface area contributed by atoms with Crippen LogP contribution in [0.4, 0.5) is 10.1 Å². The van der Waals surface area contributed by atoms with Crippen LogP contribution in [0.5, 0.6) is 0 Å². The Morgan fingerprint density at radius 1 is 1.38 bits per heavy atom. The molecule has 3 aromatic rings. The van der Waals surface area contributed by atoms with Crippen molar-refractivity contribution in [3.05, 3.63) is 47.8 Å². The van der Waals surface area contributed by atoms with E-state index in [9.17, 15) is 19.4 Å². The number of nitriles is 1. The molecule has 0 bridgehead atoms. The largest absolute Gasteiger partial charge is 0.393 e. The molecule has 10 heteroatoms. The molecule has 1 atom stereocenters. The summed E-state index contributed by atoms with van der Waals surface area (Å²) >= 11 is 0. The lowest BCUT2D eigenvalue weighted by atomic mass is 9.75. The third-order valence-corrected chi connectivity index (χ3v) is 6.06. The molecule has 0 saturated heterocycles. The molecule has 1 aliphatic carbocycles. The minimum absolute atomic E-state index is 0.217. The molecule has 3 heterocycles. The maximum Gasteiger partial charge on any atom is 0.255 e. The lowest BCUT2D eigenvalue weighted by Gasteiger charge is -2.44. The average molecular weight is 467 g/mol. The summed E-state index contributed by atoms with van der Waals surface area (Å²) in [7, 11) is 0. The van der Waals surface area contributed by atoms with Crippen molar-refractivity contribution in [1.82, 2.24) is 19.9 Å². The Morgan fingerprint density at radius 3 is 2.76 bits per heavy atom. The van der Waals surface area contributed by atoms with E-state index in [1.54, 1.807) is 16.6 Å². The van der Waals surface area contributed by atoms with Gasteiger partial charge in [0.05, 0.1) is 58.2 Å². The summed E-state index contributed by atoms with van der Waals surface area (Å²) in [6.45, 7) is 4.27. The van der Waals surface area contributed by atoms with E-state index in [2.05, 4.69) is 26.8 Å². The molecule has 1 aliphatic rings. The van der Waals surface area contributed by atoms with Crippen LogP contribution in [-0.2, 0) is 0 Å². The Bertz CT molecular complexity index is 1270. The van der Waals surface area contributed by atoms with E-state index in [0.29, 0.717) is 35.5 Å². The minimum atomic E-state index is -1.64. The summed E-state index contributed by atoms with van der Waals surface area (Å²) < 4.78 is 15.8. The Balaban J connectivity index is 1.67. The normalized spacial score (nSPS) is 20.9. The van der Waals surface area contributed by atoms with Gasteiger partial charge in [0.1, 0.15) is 12.2 Å². The van der Waals surface area contributed by atoms with Gasteiger partial charge in [-0.2, -0.15) is 10.4 Å². The molecule has 34 heavy (non-hydrogen) atoms. The number of anilines is 1. The summed E-state index contributed by atoms with van der Waals surface area (Å²) in [6.07, 6.45) is 1.85. The van der Waals surface area contributed by atoms with Crippen molar-refractivity contribution in [1.29, 1.82) is 5.26 Å². The zero-order chi connectivity index (χ0) is 24.7. The number of aliphatic hydroxyl groups is 2. The number of hydrogen-bond acceptors (Lipinski definition) is 7. The average Bonchev–Trinajstić information content (AvgIpc) is 3.18. The Kier molecular flexibility index (Phi) is 6.02. The van der Waals surface area contributed by atoms with E-state index in [1.165, 1.54) is 26.2 Å². The van der Waals surface area contributed by atoms with Gasteiger partial charge >= 0.3 is 0 Å². The van der Waals surface area contributed by atoms with Crippen LogP contribution in [0.1, 0.15) is 49.5 Å². The highest BCUT2D eigenvalue weighted by molar-refractivity contribution is 6.00. The zero-order valence-corrected chi connectivity index (χ0v) is 19.2. The first kappa shape index (κ1) is 23.6. The first-order valence-electron chi connectivity index (χ1n) is 11.0. The number of nitrogens with one attached hydrogen (secondary N) is 2. The van der Waals surface area contributed by atoms with Crippen molar-refractivity contribution in [3.63, 3.8) is 0 Å². The molecule has 0 radical (unpaired) electrons. The fraction of sp³-hybridized carbons (Fsp3) is 0.417. The summed E-state index contributed by atoms with van der Waals surface area (Å²) in [4.78, 5) is 17.3. The predicted octanol–water partition coefficient (Wildman–Crippen LogP) is 2.43. The van der Waals surface area contributed by atoms with Crippen molar-refractivity contribution in [2.75, 3.05) is 11.9 Å². The topological polar surface area (TPSA) is 136 Å². The van der Waals surface area contributed by atoms with Gasteiger partial charge in [0.25, 0.3) is 5.91 Å². The number of amides is 1. The molecule has 4 rings (SSSR count). The maximum atomic E-state index is 14.2. The van der Waals surface area contributed by atoms with E-state index in [4.69, 9.17) is 5.26 Å².